The number of aliphatic hydroxyl groups excluding tert-OH is 2. The fourth-order valence-corrected chi connectivity index (χ4v) is 8.24. The van der Waals surface area contributed by atoms with Gasteiger partial charge in [0, 0.05) is 34.4 Å². The number of allylic oxidation sites excluding steroid dienone is 4. The quantitative estimate of drug-likeness (QED) is 0.394. The minimum atomic E-state index is -2.03. The molecule has 0 aromatic heterocycles. The highest BCUT2D eigenvalue weighted by molar-refractivity contribution is 9.09. The smallest absolute Gasteiger partial charge is 0.306 e. The fraction of sp³-hybridized carbons (Fsp3) is 0.731. The van der Waals surface area contributed by atoms with Crippen LogP contribution in [0.2, 0.25) is 0 Å². The van der Waals surface area contributed by atoms with Gasteiger partial charge in [-0.05, 0) is 57.1 Å². The van der Waals surface area contributed by atoms with Crippen molar-refractivity contribution in [2.75, 3.05) is 11.9 Å². The van der Waals surface area contributed by atoms with Gasteiger partial charge >= 0.3 is 5.97 Å². The van der Waals surface area contributed by atoms with Gasteiger partial charge in [-0.25, -0.2) is 4.39 Å². The number of carbonyl (C=O) groups is 3. The number of hydrogen-bond donors (Lipinski definition) is 2. The van der Waals surface area contributed by atoms with Gasteiger partial charge in [0.15, 0.2) is 17.1 Å². The Labute approximate surface area is 208 Å². The zero-order valence-corrected chi connectivity index (χ0v) is 21.6. The summed E-state index contributed by atoms with van der Waals surface area (Å²) in [7, 11) is 0. The highest BCUT2D eigenvalue weighted by atomic mass is 79.9. The number of aliphatic hydroxyl groups is 2. The van der Waals surface area contributed by atoms with Crippen LogP contribution >= 0.6 is 15.9 Å². The lowest BCUT2D eigenvalue weighted by atomic mass is 9.44. The SMILES string of the molecule is CC1CC2C3CCC4=CC(=O)C=CC4(C)C3(F)C(O)CC2(C)C1(OC(=O)CCCBr)C(=O)CO. The molecule has 0 bridgehead atoms. The minimum absolute atomic E-state index is 0.0862. The van der Waals surface area contributed by atoms with Crippen LogP contribution in [0.15, 0.2) is 23.8 Å². The average molecular weight is 541 g/mol. The number of alkyl halides is 2. The number of Topliss-reactive ketones (excluding diaryl/α,β-unsaturated/α-hetero) is 1. The summed E-state index contributed by atoms with van der Waals surface area (Å²) in [6, 6.07) is 0. The molecule has 0 aromatic rings. The maximum absolute atomic E-state index is 17.3. The molecule has 8 unspecified atom stereocenters. The van der Waals surface area contributed by atoms with Crippen molar-refractivity contribution in [2.45, 2.75) is 76.7 Å². The molecule has 4 aliphatic rings. The number of rotatable bonds is 6. The van der Waals surface area contributed by atoms with Gasteiger partial charge in [-0.15, -0.1) is 0 Å². The van der Waals surface area contributed by atoms with Crippen molar-refractivity contribution >= 4 is 33.5 Å². The van der Waals surface area contributed by atoms with Gasteiger partial charge in [0.2, 0.25) is 5.78 Å². The van der Waals surface area contributed by atoms with Crippen LogP contribution in [0.4, 0.5) is 4.39 Å². The summed E-state index contributed by atoms with van der Waals surface area (Å²) in [6.07, 6.45) is 4.95. The van der Waals surface area contributed by atoms with E-state index in [2.05, 4.69) is 15.9 Å². The van der Waals surface area contributed by atoms with Crippen molar-refractivity contribution in [3.8, 4) is 0 Å². The second kappa shape index (κ2) is 8.63. The van der Waals surface area contributed by atoms with Crippen LogP contribution in [0.25, 0.3) is 0 Å². The van der Waals surface area contributed by atoms with Gasteiger partial charge in [-0.2, -0.15) is 0 Å². The second-order valence-corrected chi connectivity index (χ2v) is 11.8. The highest BCUT2D eigenvalue weighted by Crippen LogP contribution is 2.71. The van der Waals surface area contributed by atoms with Gasteiger partial charge in [-0.3, -0.25) is 14.4 Å². The Balaban J connectivity index is 1.80. The molecule has 8 atom stereocenters. The number of esters is 1. The Morgan fingerprint density at radius 2 is 2.00 bits per heavy atom. The van der Waals surface area contributed by atoms with Gasteiger partial charge < -0.3 is 14.9 Å². The van der Waals surface area contributed by atoms with E-state index in [4.69, 9.17) is 4.74 Å². The standard InChI is InChI=1S/C26H34BrFO6/c1-15-11-19-18-7-6-16-12-17(30)8-9-23(16,2)25(18,28)20(31)13-24(19,3)26(15,21(32)14-29)34-22(33)5-4-10-27/h8-9,12,15,18-20,29,31H,4-7,10-11,13-14H2,1-3H3. The van der Waals surface area contributed by atoms with Crippen LogP contribution in [-0.2, 0) is 19.1 Å². The normalized spacial score (nSPS) is 45.1. The Morgan fingerprint density at radius 3 is 2.65 bits per heavy atom. The molecule has 0 aromatic carbocycles. The third kappa shape index (κ3) is 3.20. The molecule has 0 heterocycles. The first kappa shape index (κ1) is 25.7. The van der Waals surface area contributed by atoms with Crippen molar-refractivity contribution in [1.82, 2.24) is 0 Å². The highest BCUT2D eigenvalue weighted by Gasteiger charge is 2.77. The third-order valence-corrected chi connectivity index (χ3v) is 10.1. The molecule has 3 saturated carbocycles. The summed E-state index contributed by atoms with van der Waals surface area (Å²) in [5.41, 5.74) is -5.15. The number of ketones is 2. The number of ether oxygens (including phenoxy) is 1. The first-order valence-electron chi connectivity index (χ1n) is 12.2. The first-order chi connectivity index (χ1) is 15.9. The van der Waals surface area contributed by atoms with Gasteiger partial charge in [0.1, 0.15) is 6.61 Å². The first-order valence-corrected chi connectivity index (χ1v) is 13.3. The zero-order valence-electron chi connectivity index (χ0n) is 20.0. The summed E-state index contributed by atoms with van der Waals surface area (Å²) in [5, 5.41) is 22.0. The Morgan fingerprint density at radius 1 is 1.29 bits per heavy atom. The van der Waals surface area contributed by atoms with Gasteiger partial charge in [0.25, 0.3) is 0 Å². The molecule has 0 radical (unpaired) electrons. The molecule has 188 valence electrons. The summed E-state index contributed by atoms with van der Waals surface area (Å²) in [5.74, 6) is -2.70. The molecule has 0 amide bonds. The molecule has 0 saturated heterocycles. The summed E-state index contributed by atoms with van der Waals surface area (Å²) in [4.78, 5) is 38.1. The van der Waals surface area contributed by atoms with Gasteiger partial charge in [-0.1, -0.05) is 41.4 Å². The Kier molecular flexibility index (Phi) is 6.52. The van der Waals surface area contributed by atoms with Crippen molar-refractivity contribution in [1.29, 1.82) is 0 Å². The summed E-state index contributed by atoms with van der Waals surface area (Å²) >= 11 is 3.29. The fourth-order valence-electron chi connectivity index (χ4n) is 7.96. The maximum atomic E-state index is 17.3. The molecule has 6 nitrogen and oxygen atoms in total. The van der Waals surface area contributed by atoms with Crippen LogP contribution in [0.5, 0.6) is 0 Å². The van der Waals surface area contributed by atoms with Crippen molar-refractivity contribution in [3.05, 3.63) is 23.8 Å². The van der Waals surface area contributed by atoms with E-state index in [1.165, 1.54) is 12.2 Å². The number of carbonyl (C=O) groups excluding carboxylic acids is 3. The molecule has 4 rings (SSSR count). The molecular formula is C26H34BrFO6. The van der Waals surface area contributed by atoms with E-state index in [9.17, 15) is 24.6 Å². The molecular weight excluding hydrogens is 507 g/mol. The molecule has 0 spiro atoms. The van der Waals surface area contributed by atoms with Crippen LogP contribution in [0.1, 0.15) is 59.3 Å². The van der Waals surface area contributed by atoms with Crippen LogP contribution < -0.4 is 0 Å². The molecule has 0 aliphatic heterocycles. The van der Waals surface area contributed by atoms with Crippen LogP contribution in [0.3, 0.4) is 0 Å². The largest absolute Gasteiger partial charge is 0.450 e. The van der Waals surface area contributed by atoms with Crippen molar-refractivity contribution in [2.24, 2.45) is 28.6 Å². The zero-order chi connectivity index (χ0) is 25.1. The molecule has 2 N–H and O–H groups in total. The number of halogens is 2. The van der Waals surface area contributed by atoms with E-state index in [-0.39, 0.29) is 24.5 Å². The second-order valence-electron chi connectivity index (χ2n) is 11.0. The van der Waals surface area contributed by atoms with Crippen LogP contribution in [0, 0.1) is 28.6 Å². The maximum Gasteiger partial charge on any atom is 0.306 e. The lowest BCUT2D eigenvalue weighted by Gasteiger charge is -2.62. The van der Waals surface area contributed by atoms with Gasteiger partial charge in [0.05, 0.1) is 6.10 Å². The lowest BCUT2D eigenvalue weighted by molar-refractivity contribution is -0.228. The van der Waals surface area contributed by atoms with E-state index in [1.54, 1.807) is 13.0 Å². The molecule has 8 heteroatoms. The minimum Gasteiger partial charge on any atom is -0.450 e. The van der Waals surface area contributed by atoms with E-state index >= 15 is 4.39 Å². The lowest BCUT2D eigenvalue weighted by Crippen LogP contribution is -2.70. The molecule has 34 heavy (non-hydrogen) atoms. The monoisotopic (exact) mass is 540 g/mol. The van der Waals surface area contributed by atoms with E-state index in [0.29, 0.717) is 36.6 Å². The Hall–Kier alpha value is -1.38. The number of fused-ring (bicyclic) bond motifs is 5. The van der Waals surface area contributed by atoms with Crippen molar-refractivity contribution in [3.63, 3.8) is 0 Å². The molecule has 3 fully saturated rings. The predicted molar refractivity (Wildman–Crippen MR) is 127 cm³/mol. The Bertz CT molecular complexity index is 963. The predicted octanol–water partition coefficient (Wildman–Crippen LogP) is 3.62. The van der Waals surface area contributed by atoms with E-state index < -0.39 is 58.4 Å². The summed E-state index contributed by atoms with van der Waals surface area (Å²) < 4.78 is 23.2. The topological polar surface area (TPSA) is 101 Å². The summed E-state index contributed by atoms with van der Waals surface area (Å²) in [6.45, 7) is 4.57. The van der Waals surface area contributed by atoms with E-state index in [1.807, 2.05) is 13.8 Å². The molecule has 4 aliphatic carbocycles. The van der Waals surface area contributed by atoms with Crippen LogP contribution in [-0.4, -0.2) is 57.1 Å². The average Bonchev–Trinajstić information content (AvgIpc) is 3.00. The van der Waals surface area contributed by atoms with Crippen molar-refractivity contribution < 1.29 is 33.7 Å². The van der Waals surface area contributed by atoms with E-state index in [0.717, 1.165) is 0 Å². The number of hydrogen-bond acceptors (Lipinski definition) is 6. The third-order valence-electron chi connectivity index (χ3n) is 9.53.